The molecule has 1 aromatic heterocycles. The monoisotopic (exact) mass is 372 g/mol. The summed E-state index contributed by atoms with van der Waals surface area (Å²) in [5.41, 5.74) is 8.25. The molecule has 3 aromatic rings. The van der Waals surface area contributed by atoms with E-state index in [1.165, 1.54) is 11.8 Å². The molecule has 0 bridgehead atoms. The lowest BCUT2D eigenvalue weighted by atomic mass is 10.1. The highest BCUT2D eigenvalue weighted by molar-refractivity contribution is 7.99. The van der Waals surface area contributed by atoms with Gasteiger partial charge in [-0.15, -0.1) is 0 Å². The minimum atomic E-state index is -0.224. The van der Waals surface area contributed by atoms with Gasteiger partial charge in [0.2, 0.25) is 0 Å². The topological polar surface area (TPSA) is 72.9 Å². The maximum atomic E-state index is 12.5. The Hall–Kier alpha value is -2.44. The molecular formula is C18H17ClN4OS. The lowest BCUT2D eigenvalue weighted by Gasteiger charge is -2.07. The van der Waals surface area contributed by atoms with Crippen molar-refractivity contribution in [1.82, 2.24) is 9.78 Å². The Kier molecular flexibility index (Phi) is 5.01. The van der Waals surface area contributed by atoms with E-state index in [9.17, 15) is 4.79 Å². The Morgan fingerprint density at radius 2 is 1.80 bits per heavy atom. The van der Waals surface area contributed by atoms with E-state index >= 15 is 0 Å². The van der Waals surface area contributed by atoms with Crippen LogP contribution < -0.4 is 11.1 Å². The average molecular weight is 373 g/mol. The maximum Gasteiger partial charge on any atom is 0.255 e. The molecule has 0 atom stereocenters. The molecule has 1 heterocycles. The number of carbonyl (C=O) groups is 1. The summed E-state index contributed by atoms with van der Waals surface area (Å²) in [7, 11) is 1.74. The van der Waals surface area contributed by atoms with Crippen molar-refractivity contribution in [3.8, 4) is 0 Å². The molecule has 0 aliphatic carbocycles. The van der Waals surface area contributed by atoms with Crippen LogP contribution in [0.1, 0.15) is 15.9 Å². The molecule has 0 saturated carbocycles. The van der Waals surface area contributed by atoms with Gasteiger partial charge in [0.25, 0.3) is 5.91 Å². The van der Waals surface area contributed by atoms with Crippen molar-refractivity contribution in [2.75, 3.05) is 11.1 Å². The van der Waals surface area contributed by atoms with E-state index in [4.69, 9.17) is 17.3 Å². The van der Waals surface area contributed by atoms with Gasteiger partial charge in [-0.1, -0.05) is 41.1 Å². The fourth-order valence-electron chi connectivity index (χ4n) is 2.21. The number of hydrogen-bond acceptors (Lipinski definition) is 4. The first-order valence-corrected chi connectivity index (χ1v) is 8.77. The summed E-state index contributed by atoms with van der Waals surface area (Å²) in [6.45, 7) is 1.97. The van der Waals surface area contributed by atoms with Crippen LogP contribution in [-0.2, 0) is 7.05 Å². The summed E-state index contributed by atoms with van der Waals surface area (Å²) in [4.78, 5) is 13.5. The van der Waals surface area contributed by atoms with Crippen LogP contribution in [0.25, 0.3) is 0 Å². The number of nitrogens with zero attached hydrogens (tertiary/aromatic N) is 2. The minimum absolute atomic E-state index is 0.224. The molecule has 0 fully saturated rings. The van der Waals surface area contributed by atoms with Crippen molar-refractivity contribution in [3.63, 3.8) is 0 Å². The molecule has 0 spiro atoms. The number of halogens is 1. The first-order valence-electron chi connectivity index (χ1n) is 7.58. The molecular weight excluding hydrogens is 356 g/mol. The summed E-state index contributed by atoms with van der Waals surface area (Å²) in [5.74, 6) is 0.176. The number of hydrogen-bond donors (Lipinski definition) is 2. The van der Waals surface area contributed by atoms with Gasteiger partial charge in [0.05, 0.1) is 0 Å². The summed E-state index contributed by atoms with van der Waals surface area (Å²) < 4.78 is 1.54. The number of rotatable bonds is 4. The molecule has 0 saturated heterocycles. The maximum absolute atomic E-state index is 12.5. The third kappa shape index (κ3) is 3.97. The zero-order valence-electron chi connectivity index (χ0n) is 13.8. The predicted molar refractivity (Wildman–Crippen MR) is 102 cm³/mol. The number of aryl methyl sites for hydroxylation is 2. The Morgan fingerprint density at radius 1 is 1.16 bits per heavy atom. The predicted octanol–water partition coefficient (Wildman–Crippen LogP) is 4.37. The first-order chi connectivity index (χ1) is 11.9. The Balaban J connectivity index is 1.86. The molecule has 25 heavy (non-hydrogen) atoms. The Labute approximate surface area is 155 Å². The molecule has 1 amide bonds. The van der Waals surface area contributed by atoms with Crippen molar-refractivity contribution < 1.29 is 4.79 Å². The second-order valence-corrected chi connectivity index (χ2v) is 7.06. The van der Waals surface area contributed by atoms with Crippen molar-refractivity contribution >= 4 is 40.8 Å². The second kappa shape index (κ2) is 7.21. The normalized spacial score (nSPS) is 10.7. The number of aromatic nitrogens is 2. The minimum Gasteiger partial charge on any atom is -0.382 e. The van der Waals surface area contributed by atoms with Crippen LogP contribution in [0.3, 0.4) is 0 Å². The van der Waals surface area contributed by atoms with E-state index in [1.807, 2.05) is 31.2 Å². The Morgan fingerprint density at radius 3 is 2.44 bits per heavy atom. The zero-order valence-corrected chi connectivity index (χ0v) is 15.4. The fraction of sp³-hybridized carbons (Fsp3) is 0.111. The molecule has 3 rings (SSSR count). The van der Waals surface area contributed by atoms with Crippen LogP contribution in [0.2, 0.25) is 5.02 Å². The SMILES string of the molecule is Cc1ccc(C(=O)Nc2c(Sc3ccc(Cl)cc3)nn(C)c2N)cc1. The van der Waals surface area contributed by atoms with E-state index in [2.05, 4.69) is 10.4 Å². The number of nitrogen functional groups attached to an aromatic ring is 1. The van der Waals surface area contributed by atoms with Gasteiger partial charge in [-0.05, 0) is 43.3 Å². The number of amides is 1. The Bertz CT molecular complexity index is 904. The molecule has 0 radical (unpaired) electrons. The van der Waals surface area contributed by atoms with Gasteiger partial charge in [-0.3, -0.25) is 9.48 Å². The third-order valence-electron chi connectivity index (χ3n) is 3.64. The molecule has 5 nitrogen and oxygen atoms in total. The number of nitrogens with two attached hydrogens (primary N) is 1. The van der Waals surface area contributed by atoms with Crippen LogP contribution in [0, 0.1) is 6.92 Å². The summed E-state index contributed by atoms with van der Waals surface area (Å²) in [5, 5.41) is 8.56. The van der Waals surface area contributed by atoms with Gasteiger partial charge in [0.15, 0.2) is 0 Å². The van der Waals surface area contributed by atoms with E-state index in [0.717, 1.165) is 10.5 Å². The quantitative estimate of drug-likeness (QED) is 0.713. The second-order valence-electron chi connectivity index (χ2n) is 5.57. The van der Waals surface area contributed by atoms with Gasteiger partial charge < -0.3 is 11.1 Å². The van der Waals surface area contributed by atoms with E-state index in [0.29, 0.717) is 27.1 Å². The highest BCUT2D eigenvalue weighted by Crippen LogP contribution is 2.36. The van der Waals surface area contributed by atoms with E-state index in [1.54, 1.807) is 36.0 Å². The standard InChI is InChI=1S/C18H17ClN4OS/c1-11-3-5-12(6-4-11)17(24)21-15-16(20)23(2)22-18(15)25-14-9-7-13(19)8-10-14/h3-10H,20H2,1-2H3,(H,21,24). The van der Waals surface area contributed by atoms with Gasteiger partial charge >= 0.3 is 0 Å². The number of carbonyl (C=O) groups excluding carboxylic acids is 1. The highest BCUT2D eigenvalue weighted by atomic mass is 35.5. The van der Waals surface area contributed by atoms with E-state index in [-0.39, 0.29) is 5.91 Å². The van der Waals surface area contributed by atoms with Crippen molar-refractivity contribution in [2.24, 2.45) is 7.05 Å². The van der Waals surface area contributed by atoms with Gasteiger partial charge in [-0.25, -0.2) is 0 Å². The molecule has 7 heteroatoms. The molecule has 0 unspecified atom stereocenters. The van der Waals surface area contributed by atoms with Crippen LogP contribution in [-0.4, -0.2) is 15.7 Å². The van der Waals surface area contributed by atoms with Gasteiger partial charge in [0, 0.05) is 22.5 Å². The lowest BCUT2D eigenvalue weighted by Crippen LogP contribution is -2.13. The van der Waals surface area contributed by atoms with Crippen molar-refractivity contribution in [1.29, 1.82) is 0 Å². The van der Waals surface area contributed by atoms with Crippen LogP contribution >= 0.6 is 23.4 Å². The van der Waals surface area contributed by atoms with Crippen molar-refractivity contribution in [3.05, 3.63) is 64.7 Å². The first kappa shape index (κ1) is 17.4. The van der Waals surface area contributed by atoms with Gasteiger partial charge in [0.1, 0.15) is 16.5 Å². The third-order valence-corrected chi connectivity index (χ3v) is 4.88. The van der Waals surface area contributed by atoms with Crippen LogP contribution in [0.15, 0.2) is 58.5 Å². The summed E-state index contributed by atoms with van der Waals surface area (Å²) >= 11 is 7.33. The molecule has 128 valence electrons. The molecule has 0 aliphatic heterocycles. The van der Waals surface area contributed by atoms with E-state index < -0.39 is 0 Å². The van der Waals surface area contributed by atoms with Crippen molar-refractivity contribution in [2.45, 2.75) is 16.8 Å². The number of anilines is 2. The highest BCUT2D eigenvalue weighted by Gasteiger charge is 2.18. The van der Waals surface area contributed by atoms with Crippen LogP contribution in [0.4, 0.5) is 11.5 Å². The van der Waals surface area contributed by atoms with Gasteiger partial charge in [-0.2, -0.15) is 5.10 Å². The van der Waals surface area contributed by atoms with Crippen LogP contribution in [0.5, 0.6) is 0 Å². The lowest BCUT2D eigenvalue weighted by molar-refractivity contribution is 0.102. The largest absolute Gasteiger partial charge is 0.382 e. The smallest absolute Gasteiger partial charge is 0.255 e. The number of benzene rings is 2. The zero-order chi connectivity index (χ0) is 18.0. The average Bonchev–Trinajstić information content (AvgIpc) is 2.85. The summed E-state index contributed by atoms with van der Waals surface area (Å²) in [6.07, 6.45) is 0. The number of nitrogens with one attached hydrogen (secondary N) is 1. The summed E-state index contributed by atoms with van der Waals surface area (Å²) in [6, 6.07) is 14.7. The molecule has 0 aliphatic rings. The molecule has 3 N–H and O–H groups in total. The molecule has 2 aromatic carbocycles. The fourth-order valence-corrected chi connectivity index (χ4v) is 3.25.